The molecule has 0 saturated heterocycles. The summed E-state index contributed by atoms with van der Waals surface area (Å²) in [5, 5.41) is 3.41. The second kappa shape index (κ2) is 5.68. The topological polar surface area (TPSA) is 21.3 Å². The SMILES string of the molecule is CNC(c1ccc(C)c(Br)c1)c1ccc2c(c1)COC2. The molecule has 1 unspecified atom stereocenters. The van der Waals surface area contributed by atoms with Gasteiger partial charge in [0.05, 0.1) is 19.3 Å². The summed E-state index contributed by atoms with van der Waals surface area (Å²) in [5.74, 6) is 0. The number of hydrogen-bond acceptors (Lipinski definition) is 2. The summed E-state index contributed by atoms with van der Waals surface area (Å²) in [6.07, 6.45) is 0. The number of fused-ring (bicyclic) bond motifs is 1. The van der Waals surface area contributed by atoms with E-state index in [-0.39, 0.29) is 6.04 Å². The van der Waals surface area contributed by atoms with Crippen LogP contribution in [0.3, 0.4) is 0 Å². The lowest BCUT2D eigenvalue weighted by Gasteiger charge is -2.19. The van der Waals surface area contributed by atoms with E-state index in [0.29, 0.717) is 0 Å². The minimum absolute atomic E-state index is 0.206. The van der Waals surface area contributed by atoms with Gasteiger partial charge < -0.3 is 10.1 Å². The summed E-state index contributed by atoms with van der Waals surface area (Å²) in [4.78, 5) is 0. The molecule has 2 aromatic rings. The van der Waals surface area contributed by atoms with Crippen molar-refractivity contribution >= 4 is 15.9 Å². The molecule has 0 saturated carbocycles. The highest BCUT2D eigenvalue weighted by Gasteiger charge is 2.17. The van der Waals surface area contributed by atoms with Crippen LogP contribution in [0.4, 0.5) is 0 Å². The van der Waals surface area contributed by atoms with Crippen LogP contribution in [0.2, 0.25) is 0 Å². The molecular weight excluding hydrogens is 314 g/mol. The summed E-state index contributed by atoms with van der Waals surface area (Å²) in [6.45, 7) is 3.59. The van der Waals surface area contributed by atoms with Crippen LogP contribution in [0, 0.1) is 6.92 Å². The van der Waals surface area contributed by atoms with E-state index in [0.717, 1.165) is 17.7 Å². The summed E-state index contributed by atoms with van der Waals surface area (Å²) in [7, 11) is 2.00. The van der Waals surface area contributed by atoms with Crippen LogP contribution in [-0.2, 0) is 18.0 Å². The van der Waals surface area contributed by atoms with Crippen LogP contribution in [0.25, 0.3) is 0 Å². The minimum atomic E-state index is 0.206. The Morgan fingerprint density at radius 3 is 2.50 bits per heavy atom. The molecule has 0 spiro atoms. The van der Waals surface area contributed by atoms with Crippen molar-refractivity contribution in [1.29, 1.82) is 0 Å². The van der Waals surface area contributed by atoms with Crippen molar-refractivity contribution in [3.8, 4) is 0 Å². The highest BCUT2D eigenvalue weighted by Crippen LogP contribution is 2.29. The molecular formula is C17H18BrNO. The van der Waals surface area contributed by atoms with Gasteiger partial charge in [0.25, 0.3) is 0 Å². The van der Waals surface area contributed by atoms with Gasteiger partial charge in [-0.25, -0.2) is 0 Å². The Morgan fingerprint density at radius 1 is 1.05 bits per heavy atom. The van der Waals surface area contributed by atoms with Gasteiger partial charge in [-0.1, -0.05) is 46.3 Å². The second-order valence-electron chi connectivity index (χ2n) is 5.25. The fraction of sp³-hybridized carbons (Fsp3) is 0.294. The summed E-state index contributed by atoms with van der Waals surface area (Å²) in [6, 6.07) is 13.4. The number of ether oxygens (including phenoxy) is 1. The van der Waals surface area contributed by atoms with Gasteiger partial charge in [-0.2, -0.15) is 0 Å². The number of aryl methyl sites for hydroxylation is 1. The second-order valence-corrected chi connectivity index (χ2v) is 6.11. The largest absolute Gasteiger partial charge is 0.372 e. The zero-order valence-electron chi connectivity index (χ0n) is 11.7. The molecule has 0 fully saturated rings. The van der Waals surface area contributed by atoms with Gasteiger partial charge >= 0.3 is 0 Å². The van der Waals surface area contributed by atoms with E-state index in [1.807, 2.05) is 7.05 Å². The van der Waals surface area contributed by atoms with Gasteiger partial charge in [-0.15, -0.1) is 0 Å². The molecule has 2 aromatic carbocycles. The lowest BCUT2D eigenvalue weighted by molar-refractivity contribution is 0.134. The first-order chi connectivity index (χ1) is 9.69. The Hall–Kier alpha value is -1.16. The standard InChI is InChI=1S/C17H18BrNO/c1-11-3-4-13(8-16(11)18)17(19-2)12-5-6-14-9-20-10-15(14)7-12/h3-8,17,19H,9-10H2,1-2H3. The zero-order chi connectivity index (χ0) is 14.1. The van der Waals surface area contributed by atoms with Crippen LogP contribution in [0.5, 0.6) is 0 Å². The smallest absolute Gasteiger partial charge is 0.0725 e. The average Bonchev–Trinajstić information content (AvgIpc) is 2.91. The zero-order valence-corrected chi connectivity index (χ0v) is 13.3. The van der Waals surface area contributed by atoms with Crippen molar-refractivity contribution in [2.24, 2.45) is 0 Å². The molecule has 1 heterocycles. The van der Waals surface area contributed by atoms with Crippen LogP contribution >= 0.6 is 15.9 Å². The van der Waals surface area contributed by atoms with Crippen molar-refractivity contribution in [2.75, 3.05) is 7.05 Å². The van der Waals surface area contributed by atoms with Gasteiger partial charge in [0, 0.05) is 4.47 Å². The molecule has 3 heteroatoms. The molecule has 1 atom stereocenters. The monoisotopic (exact) mass is 331 g/mol. The number of hydrogen-bond donors (Lipinski definition) is 1. The maximum absolute atomic E-state index is 5.50. The number of nitrogens with one attached hydrogen (secondary N) is 1. The third kappa shape index (κ3) is 2.53. The average molecular weight is 332 g/mol. The Bertz CT molecular complexity index is 639. The summed E-state index contributed by atoms with van der Waals surface area (Å²) in [5.41, 5.74) is 6.44. The van der Waals surface area contributed by atoms with E-state index in [4.69, 9.17) is 4.74 Å². The first-order valence-electron chi connectivity index (χ1n) is 6.82. The molecule has 1 N–H and O–H groups in total. The molecule has 0 aliphatic carbocycles. The van der Waals surface area contributed by atoms with Gasteiger partial charge in [0.2, 0.25) is 0 Å². The van der Waals surface area contributed by atoms with E-state index < -0.39 is 0 Å². The van der Waals surface area contributed by atoms with Crippen molar-refractivity contribution in [2.45, 2.75) is 26.2 Å². The Balaban J connectivity index is 1.98. The summed E-state index contributed by atoms with van der Waals surface area (Å²) < 4.78 is 6.65. The molecule has 0 bridgehead atoms. The number of benzene rings is 2. The van der Waals surface area contributed by atoms with Gasteiger partial charge in [-0.05, 0) is 47.9 Å². The molecule has 104 valence electrons. The first-order valence-corrected chi connectivity index (χ1v) is 7.61. The molecule has 1 aliphatic rings. The fourth-order valence-electron chi connectivity index (χ4n) is 2.69. The highest BCUT2D eigenvalue weighted by atomic mass is 79.9. The van der Waals surface area contributed by atoms with Crippen LogP contribution < -0.4 is 5.32 Å². The van der Waals surface area contributed by atoms with E-state index >= 15 is 0 Å². The Morgan fingerprint density at radius 2 is 1.75 bits per heavy atom. The number of halogens is 1. The Labute approximate surface area is 128 Å². The van der Waals surface area contributed by atoms with E-state index in [1.54, 1.807) is 0 Å². The van der Waals surface area contributed by atoms with Crippen molar-refractivity contribution in [3.63, 3.8) is 0 Å². The Kier molecular flexibility index (Phi) is 3.92. The van der Waals surface area contributed by atoms with E-state index in [2.05, 4.69) is 64.6 Å². The van der Waals surface area contributed by atoms with Gasteiger partial charge in [0.15, 0.2) is 0 Å². The van der Waals surface area contributed by atoms with Crippen LogP contribution in [-0.4, -0.2) is 7.05 Å². The van der Waals surface area contributed by atoms with Gasteiger partial charge in [0.1, 0.15) is 0 Å². The van der Waals surface area contributed by atoms with E-state index in [1.165, 1.54) is 27.8 Å². The molecule has 20 heavy (non-hydrogen) atoms. The first kappa shape index (κ1) is 13.8. The lowest BCUT2D eigenvalue weighted by Crippen LogP contribution is -2.18. The molecule has 0 aromatic heterocycles. The maximum atomic E-state index is 5.50. The van der Waals surface area contributed by atoms with Crippen LogP contribution in [0.15, 0.2) is 40.9 Å². The minimum Gasteiger partial charge on any atom is -0.372 e. The van der Waals surface area contributed by atoms with Crippen molar-refractivity contribution in [3.05, 3.63) is 68.7 Å². The predicted molar refractivity (Wildman–Crippen MR) is 84.7 cm³/mol. The fourth-order valence-corrected chi connectivity index (χ4v) is 3.08. The van der Waals surface area contributed by atoms with Gasteiger partial charge in [-0.3, -0.25) is 0 Å². The van der Waals surface area contributed by atoms with Crippen molar-refractivity contribution in [1.82, 2.24) is 5.32 Å². The molecule has 1 aliphatic heterocycles. The lowest BCUT2D eigenvalue weighted by atomic mass is 9.95. The predicted octanol–water partition coefficient (Wildman–Crippen LogP) is 4.10. The number of rotatable bonds is 3. The molecule has 0 radical (unpaired) electrons. The highest BCUT2D eigenvalue weighted by molar-refractivity contribution is 9.10. The third-order valence-electron chi connectivity index (χ3n) is 3.90. The summed E-state index contributed by atoms with van der Waals surface area (Å²) >= 11 is 3.62. The van der Waals surface area contributed by atoms with Crippen LogP contribution in [0.1, 0.15) is 33.9 Å². The third-order valence-corrected chi connectivity index (χ3v) is 4.75. The van der Waals surface area contributed by atoms with E-state index in [9.17, 15) is 0 Å². The normalized spacial score (nSPS) is 15.2. The molecule has 3 rings (SSSR count). The van der Waals surface area contributed by atoms with Crippen molar-refractivity contribution < 1.29 is 4.74 Å². The molecule has 0 amide bonds. The molecule has 2 nitrogen and oxygen atoms in total. The quantitative estimate of drug-likeness (QED) is 0.914. The maximum Gasteiger partial charge on any atom is 0.0725 e.